The zero-order chi connectivity index (χ0) is 9.97. The number of aliphatic imine (C=N–C) groups is 1. The molecule has 1 saturated heterocycles. The lowest BCUT2D eigenvalue weighted by atomic mass is 10.4. The molecule has 2 heterocycles. The van der Waals surface area contributed by atoms with E-state index in [0.29, 0.717) is 12.5 Å². The molecule has 2 aliphatic heterocycles. The Morgan fingerprint density at radius 1 is 1.79 bits per heavy atom. The summed E-state index contributed by atoms with van der Waals surface area (Å²) in [7, 11) is 0. The Bertz CT molecular complexity index is 269. The average molecular weight is 215 g/mol. The number of rotatable bonds is 2. The highest BCUT2D eigenvalue weighted by Crippen LogP contribution is 2.27. The first-order valence-electron chi connectivity index (χ1n) is 4.41. The first-order chi connectivity index (χ1) is 6.79. The maximum atomic E-state index is 8.89. The molecule has 0 aromatic heterocycles. The Hall–Kier alpha value is -0.720. The van der Waals surface area contributed by atoms with Crippen molar-refractivity contribution in [3.05, 3.63) is 12.3 Å². The zero-order valence-corrected chi connectivity index (χ0v) is 8.48. The van der Waals surface area contributed by atoms with E-state index in [9.17, 15) is 0 Å². The highest BCUT2D eigenvalue weighted by Gasteiger charge is 2.29. The number of aliphatic hydroxyl groups excluding tert-OH is 1. The van der Waals surface area contributed by atoms with Crippen LogP contribution >= 0.6 is 11.8 Å². The fourth-order valence-corrected chi connectivity index (χ4v) is 2.30. The minimum Gasteiger partial charge on any atom is -0.393 e. The van der Waals surface area contributed by atoms with E-state index in [1.54, 1.807) is 17.8 Å². The van der Waals surface area contributed by atoms with Crippen LogP contribution in [0.1, 0.15) is 0 Å². The van der Waals surface area contributed by atoms with Crippen molar-refractivity contribution in [1.29, 1.82) is 0 Å². The van der Waals surface area contributed by atoms with Crippen LogP contribution in [0.5, 0.6) is 0 Å². The first kappa shape index (κ1) is 9.82. The Kier molecular flexibility index (Phi) is 2.95. The molecule has 0 aromatic rings. The van der Waals surface area contributed by atoms with Crippen LogP contribution in [0.2, 0.25) is 0 Å². The molecule has 14 heavy (non-hydrogen) atoms. The third-order valence-corrected chi connectivity index (χ3v) is 3.22. The van der Waals surface area contributed by atoms with Crippen molar-refractivity contribution >= 4 is 17.6 Å². The summed E-state index contributed by atoms with van der Waals surface area (Å²) in [5, 5.41) is 8.89. The summed E-state index contributed by atoms with van der Waals surface area (Å²) in [5.41, 5.74) is 5.40. The van der Waals surface area contributed by atoms with Crippen LogP contribution in [-0.4, -0.2) is 46.5 Å². The summed E-state index contributed by atoms with van der Waals surface area (Å²) in [6.07, 6.45) is 3.64. The van der Waals surface area contributed by atoms with Crippen LogP contribution in [0.25, 0.3) is 0 Å². The van der Waals surface area contributed by atoms with Gasteiger partial charge in [-0.3, -0.25) is 0 Å². The van der Waals surface area contributed by atoms with Crippen LogP contribution in [-0.2, 0) is 4.74 Å². The maximum Gasteiger partial charge on any atom is 0.141 e. The molecule has 0 radical (unpaired) electrons. The van der Waals surface area contributed by atoms with Gasteiger partial charge in [0.15, 0.2) is 0 Å². The van der Waals surface area contributed by atoms with Gasteiger partial charge in [-0.1, -0.05) is 0 Å². The number of nitrogens with zero attached hydrogens (tertiary/aromatic N) is 2. The number of ether oxygens (including phenoxy) is 1. The van der Waals surface area contributed by atoms with Crippen LogP contribution in [0, 0.1) is 0 Å². The fraction of sp³-hybridized carbons (Fsp3) is 0.625. The standard InChI is InChI=1S/C8H13N3O2S/c9-6-1-2-11(5-10-6)7-4-14-8(3-12)13-7/h1-2,7-8,12H,3-5H2,(H2,9,10). The summed E-state index contributed by atoms with van der Waals surface area (Å²) in [6, 6.07) is 0. The van der Waals surface area contributed by atoms with Crippen molar-refractivity contribution in [1.82, 2.24) is 4.90 Å². The normalized spacial score (nSPS) is 32.1. The molecule has 2 aliphatic rings. The predicted molar refractivity (Wildman–Crippen MR) is 55.7 cm³/mol. The molecule has 0 spiro atoms. The monoisotopic (exact) mass is 215 g/mol. The minimum absolute atomic E-state index is 0.00486. The molecule has 6 heteroatoms. The molecule has 2 unspecified atom stereocenters. The Morgan fingerprint density at radius 3 is 3.21 bits per heavy atom. The molecule has 0 amide bonds. The van der Waals surface area contributed by atoms with E-state index in [1.165, 1.54) is 0 Å². The number of amidine groups is 1. The average Bonchev–Trinajstić information content (AvgIpc) is 2.67. The topological polar surface area (TPSA) is 71.1 Å². The molecule has 5 nitrogen and oxygen atoms in total. The van der Waals surface area contributed by atoms with Crippen molar-refractivity contribution in [3.8, 4) is 0 Å². The van der Waals surface area contributed by atoms with Crippen LogP contribution in [0.3, 0.4) is 0 Å². The Morgan fingerprint density at radius 2 is 2.64 bits per heavy atom. The second-order valence-electron chi connectivity index (χ2n) is 3.09. The molecule has 0 aromatic carbocycles. The van der Waals surface area contributed by atoms with E-state index in [2.05, 4.69) is 4.99 Å². The third-order valence-electron chi connectivity index (χ3n) is 2.11. The van der Waals surface area contributed by atoms with Gasteiger partial charge in [0.05, 0.1) is 6.61 Å². The SMILES string of the molecule is NC1=NCN(C2CSC(CO)O2)C=C1. The number of hydrogen-bond donors (Lipinski definition) is 2. The lowest BCUT2D eigenvalue weighted by Gasteiger charge is -2.26. The van der Waals surface area contributed by atoms with E-state index < -0.39 is 0 Å². The van der Waals surface area contributed by atoms with Crippen molar-refractivity contribution in [2.75, 3.05) is 19.0 Å². The molecule has 0 aliphatic carbocycles. The first-order valence-corrected chi connectivity index (χ1v) is 5.46. The molecule has 0 saturated carbocycles. The lowest BCUT2D eigenvalue weighted by Crippen LogP contribution is -2.36. The summed E-state index contributed by atoms with van der Waals surface area (Å²) >= 11 is 1.62. The van der Waals surface area contributed by atoms with Crippen LogP contribution in [0.15, 0.2) is 17.3 Å². The molecule has 2 atom stereocenters. The molecular formula is C8H13N3O2S. The number of thioether (sulfide) groups is 1. The van der Waals surface area contributed by atoms with E-state index in [-0.39, 0.29) is 18.3 Å². The number of aliphatic hydroxyl groups is 1. The summed E-state index contributed by atoms with van der Waals surface area (Å²) in [4.78, 5) is 6.06. The van der Waals surface area contributed by atoms with Gasteiger partial charge in [0.1, 0.15) is 24.2 Å². The maximum absolute atomic E-state index is 8.89. The summed E-state index contributed by atoms with van der Waals surface area (Å²) in [6.45, 7) is 0.593. The third kappa shape index (κ3) is 2.02. The quantitative estimate of drug-likeness (QED) is 0.652. The second-order valence-corrected chi connectivity index (χ2v) is 4.28. The lowest BCUT2D eigenvalue weighted by molar-refractivity contribution is -0.0352. The van der Waals surface area contributed by atoms with Crippen LogP contribution < -0.4 is 5.73 Å². The smallest absolute Gasteiger partial charge is 0.141 e. The van der Waals surface area contributed by atoms with Gasteiger partial charge in [-0.15, -0.1) is 11.8 Å². The van der Waals surface area contributed by atoms with Gasteiger partial charge in [-0.25, -0.2) is 4.99 Å². The van der Waals surface area contributed by atoms with Gasteiger partial charge in [-0.05, 0) is 6.08 Å². The van der Waals surface area contributed by atoms with Gasteiger partial charge >= 0.3 is 0 Å². The van der Waals surface area contributed by atoms with Crippen molar-refractivity contribution < 1.29 is 9.84 Å². The van der Waals surface area contributed by atoms with E-state index in [0.717, 1.165) is 5.75 Å². The molecule has 1 fully saturated rings. The van der Waals surface area contributed by atoms with Gasteiger partial charge in [-0.2, -0.15) is 0 Å². The van der Waals surface area contributed by atoms with E-state index in [1.807, 2.05) is 11.1 Å². The van der Waals surface area contributed by atoms with Gasteiger partial charge < -0.3 is 20.5 Å². The zero-order valence-electron chi connectivity index (χ0n) is 7.67. The highest BCUT2D eigenvalue weighted by atomic mass is 32.2. The number of nitrogens with two attached hydrogens (primary N) is 1. The Labute approximate surface area is 86.6 Å². The fourth-order valence-electron chi connectivity index (χ4n) is 1.34. The summed E-state index contributed by atoms with van der Waals surface area (Å²) < 4.78 is 5.56. The van der Waals surface area contributed by atoms with Gasteiger partial charge in [0.2, 0.25) is 0 Å². The van der Waals surface area contributed by atoms with Gasteiger partial charge in [0.25, 0.3) is 0 Å². The summed E-state index contributed by atoms with van der Waals surface area (Å²) in [5.74, 6) is 1.40. The van der Waals surface area contributed by atoms with Gasteiger partial charge in [0, 0.05) is 12.0 Å². The van der Waals surface area contributed by atoms with Crippen molar-refractivity contribution in [2.24, 2.45) is 10.7 Å². The van der Waals surface area contributed by atoms with Crippen molar-refractivity contribution in [3.63, 3.8) is 0 Å². The minimum atomic E-state index is -0.100. The molecule has 3 N–H and O–H groups in total. The largest absolute Gasteiger partial charge is 0.393 e. The van der Waals surface area contributed by atoms with Crippen molar-refractivity contribution in [2.45, 2.75) is 11.7 Å². The molecule has 0 bridgehead atoms. The molecule has 78 valence electrons. The molecular weight excluding hydrogens is 202 g/mol. The second kappa shape index (κ2) is 4.20. The highest BCUT2D eigenvalue weighted by molar-refractivity contribution is 8.00. The van der Waals surface area contributed by atoms with E-state index >= 15 is 0 Å². The molecule has 2 rings (SSSR count). The van der Waals surface area contributed by atoms with Crippen LogP contribution in [0.4, 0.5) is 0 Å². The predicted octanol–water partition coefficient (Wildman–Crippen LogP) is -0.462. The van der Waals surface area contributed by atoms with E-state index in [4.69, 9.17) is 15.6 Å². The number of hydrogen-bond acceptors (Lipinski definition) is 6. The Balaban J connectivity index is 1.89.